The van der Waals surface area contributed by atoms with Gasteiger partial charge in [0.25, 0.3) is 5.91 Å². The van der Waals surface area contributed by atoms with Gasteiger partial charge in [-0.25, -0.2) is 0 Å². The number of aryl methyl sites for hydroxylation is 1. The second-order valence-corrected chi connectivity index (χ2v) is 6.43. The maximum absolute atomic E-state index is 13.0. The molecule has 8 nitrogen and oxygen atoms in total. The van der Waals surface area contributed by atoms with E-state index in [0.29, 0.717) is 37.6 Å². The molecule has 1 saturated heterocycles. The van der Waals surface area contributed by atoms with Crippen molar-refractivity contribution in [3.05, 3.63) is 48.5 Å². The average Bonchev–Trinajstić information content (AvgIpc) is 3.28. The molecule has 3 rings (SSSR count). The van der Waals surface area contributed by atoms with E-state index in [9.17, 15) is 9.59 Å². The Morgan fingerprint density at radius 3 is 2.85 bits per heavy atom. The summed E-state index contributed by atoms with van der Waals surface area (Å²) in [6.07, 6.45) is 5.23. The van der Waals surface area contributed by atoms with E-state index in [1.807, 2.05) is 6.07 Å². The van der Waals surface area contributed by atoms with Crippen molar-refractivity contribution in [2.45, 2.75) is 18.6 Å². The summed E-state index contributed by atoms with van der Waals surface area (Å²) in [6, 6.07) is 6.55. The molecule has 8 heteroatoms. The number of carbonyl (C=O) groups is 2. The quantitative estimate of drug-likeness (QED) is 0.728. The lowest BCUT2D eigenvalue weighted by Gasteiger charge is -2.23. The van der Waals surface area contributed by atoms with Crippen molar-refractivity contribution in [2.75, 3.05) is 26.8 Å². The summed E-state index contributed by atoms with van der Waals surface area (Å²) in [5.74, 6) is 0.229. The maximum Gasteiger partial charge on any atom is 0.271 e. The Kier molecular flexibility index (Phi) is 6.08. The monoisotopic (exact) mass is 372 g/mol. The number of carbonyl (C=O) groups excluding carboxylic acids is 2. The van der Waals surface area contributed by atoms with Crippen molar-refractivity contribution in [1.82, 2.24) is 19.8 Å². The van der Waals surface area contributed by atoms with Gasteiger partial charge in [-0.2, -0.15) is 0 Å². The molecule has 3 heterocycles. The first kappa shape index (κ1) is 18.9. The molecule has 0 aliphatic carbocycles. The van der Waals surface area contributed by atoms with Crippen LogP contribution in [0.3, 0.4) is 0 Å². The van der Waals surface area contributed by atoms with Crippen LogP contribution in [0.25, 0.3) is 0 Å². The molecule has 2 amide bonds. The zero-order valence-corrected chi connectivity index (χ0v) is 15.5. The zero-order valence-electron chi connectivity index (χ0n) is 15.5. The summed E-state index contributed by atoms with van der Waals surface area (Å²) < 4.78 is 12.7. The van der Waals surface area contributed by atoms with Crippen LogP contribution in [0.2, 0.25) is 0 Å². The highest BCUT2D eigenvalue weighted by Gasteiger charge is 2.41. The third-order valence-corrected chi connectivity index (χ3v) is 4.53. The fourth-order valence-corrected chi connectivity index (χ4v) is 3.19. The van der Waals surface area contributed by atoms with Crippen molar-refractivity contribution < 1.29 is 19.1 Å². The van der Waals surface area contributed by atoms with Gasteiger partial charge in [0.1, 0.15) is 23.6 Å². The zero-order chi connectivity index (χ0) is 19.2. The Bertz CT molecular complexity index is 777. The van der Waals surface area contributed by atoms with Gasteiger partial charge in [0.2, 0.25) is 5.91 Å². The number of nitrogens with one attached hydrogen (secondary N) is 1. The van der Waals surface area contributed by atoms with Crippen LogP contribution in [-0.4, -0.2) is 65.2 Å². The second-order valence-electron chi connectivity index (χ2n) is 6.43. The van der Waals surface area contributed by atoms with Crippen LogP contribution in [0, 0.1) is 0 Å². The van der Waals surface area contributed by atoms with Crippen molar-refractivity contribution in [3.8, 4) is 5.75 Å². The number of hydrogen-bond acceptors (Lipinski definition) is 5. The van der Waals surface area contributed by atoms with E-state index in [2.05, 4.69) is 10.3 Å². The Balaban J connectivity index is 1.75. The molecule has 1 N–H and O–H groups in total. The number of pyridine rings is 1. The van der Waals surface area contributed by atoms with Gasteiger partial charge < -0.3 is 24.3 Å². The molecule has 144 valence electrons. The van der Waals surface area contributed by atoms with E-state index in [1.54, 1.807) is 60.4 Å². The van der Waals surface area contributed by atoms with Crippen LogP contribution >= 0.6 is 0 Å². The van der Waals surface area contributed by atoms with E-state index < -0.39 is 6.04 Å². The van der Waals surface area contributed by atoms with E-state index >= 15 is 0 Å². The molecule has 1 aliphatic rings. The summed E-state index contributed by atoms with van der Waals surface area (Å²) in [7, 11) is 3.38. The van der Waals surface area contributed by atoms with E-state index in [4.69, 9.17) is 9.47 Å². The topological polar surface area (TPSA) is 85.7 Å². The first-order chi connectivity index (χ1) is 13.1. The van der Waals surface area contributed by atoms with Crippen LogP contribution in [0.1, 0.15) is 16.9 Å². The summed E-state index contributed by atoms with van der Waals surface area (Å²) in [6.45, 7) is 1.15. The lowest BCUT2D eigenvalue weighted by Crippen LogP contribution is -2.47. The van der Waals surface area contributed by atoms with Crippen LogP contribution < -0.4 is 10.1 Å². The largest absolute Gasteiger partial charge is 0.487 e. The highest BCUT2D eigenvalue weighted by molar-refractivity contribution is 5.97. The molecule has 27 heavy (non-hydrogen) atoms. The molecule has 0 bridgehead atoms. The number of methoxy groups -OCH3 is 1. The fourth-order valence-electron chi connectivity index (χ4n) is 3.19. The molecule has 0 unspecified atom stereocenters. The van der Waals surface area contributed by atoms with E-state index in [1.165, 1.54) is 0 Å². The van der Waals surface area contributed by atoms with Crippen molar-refractivity contribution in [3.63, 3.8) is 0 Å². The molecule has 0 saturated carbocycles. The maximum atomic E-state index is 13.0. The van der Waals surface area contributed by atoms with Gasteiger partial charge in [-0.15, -0.1) is 0 Å². The number of ether oxygens (including phenoxy) is 2. The number of hydrogen-bond donors (Lipinski definition) is 1. The van der Waals surface area contributed by atoms with Crippen LogP contribution in [0.4, 0.5) is 0 Å². The van der Waals surface area contributed by atoms with Crippen LogP contribution in [0.15, 0.2) is 42.9 Å². The summed E-state index contributed by atoms with van der Waals surface area (Å²) in [5, 5.41) is 2.82. The van der Waals surface area contributed by atoms with E-state index in [-0.39, 0.29) is 17.9 Å². The fraction of sp³-hybridized carbons (Fsp3) is 0.421. The van der Waals surface area contributed by atoms with Gasteiger partial charge in [-0.3, -0.25) is 14.6 Å². The van der Waals surface area contributed by atoms with E-state index in [0.717, 1.165) is 0 Å². The third kappa shape index (κ3) is 4.46. The molecular formula is C19H24N4O4. The van der Waals surface area contributed by atoms with Crippen LogP contribution in [-0.2, 0) is 16.6 Å². The number of nitrogens with zero attached hydrogens (tertiary/aromatic N) is 3. The standard InChI is InChI=1S/C19H24N4O4/c1-22-9-4-6-16(22)19(25)23-13-15(27-14-5-3-7-20-12-14)11-17(23)18(24)21-8-10-26-2/h3-7,9,12,15,17H,8,10-11,13H2,1-2H3,(H,21,24)/t15-,17-/m0/s1. The third-order valence-electron chi connectivity index (χ3n) is 4.53. The molecule has 0 spiro atoms. The van der Waals surface area contributed by atoms with Crippen LogP contribution in [0.5, 0.6) is 5.75 Å². The summed E-state index contributed by atoms with van der Waals surface area (Å²) in [4.78, 5) is 31.3. The number of aromatic nitrogens is 2. The first-order valence-corrected chi connectivity index (χ1v) is 8.85. The van der Waals surface area contributed by atoms with Gasteiger partial charge in [0, 0.05) is 39.5 Å². The molecular weight excluding hydrogens is 348 g/mol. The highest BCUT2D eigenvalue weighted by Crippen LogP contribution is 2.25. The minimum atomic E-state index is -0.592. The molecule has 2 atom stereocenters. The lowest BCUT2D eigenvalue weighted by atomic mass is 10.1. The van der Waals surface area contributed by atoms with Gasteiger partial charge in [0.05, 0.1) is 19.3 Å². The minimum Gasteiger partial charge on any atom is -0.487 e. The molecule has 1 aliphatic heterocycles. The molecule has 0 aromatic carbocycles. The SMILES string of the molecule is COCCNC(=O)[C@@H]1C[C@H](Oc2cccnc2)CN1C(=O)c1cccn1C. The summed E-state index contributed by atoms with van der Waals surface area (Å²) >= 11 is 0. The summed E-state index contributed by atoms with van der Waals surface area (Å²) in [5.41, 5.74) is 0.534. The number of likely N-dealkylation sites (tertiary alicyclic amines) is 1. The molecule has 2 aromatic rings. The highest BCUT2D eigenvalue weighted by atomic mass is 16.5. The molecule has 1 fully saturated rings. The molecule has 0 radical (unpaired) electrons. The lowest BCUT2D eigenvalue weighted by molar-refractivity contribution is -0.125. The Labute approximate surface area is 158 Å². The smallest absolute Gasteiger partial charge is 0.271 e. The van der Waals surface area contributed by atoms with Crippen molar-refractivity contribution in [2.24, 2.45) is 7.05 Å². The van der Waals surface area contributed by atoms with Gasteiger partial charge in [-0.1, -0.05) is 0 Å². The number of amides is 2. The second kappa shape index (κ2) is 8.68. The van der Waals surface area contributed by atoms with Gasteiger partial charge >= 0.3 is 0 Å². The first-order valence-electron chi connectivity index (χ1n) is 8.85. The average molecular weight is 372 g/mol. The Morgan fingerprint density at radius 2 is 2.19 bits per heavy atom. The predicted molar refractivity (Wildman–Crippen MR) is 98.4 cm³/mol. The Hall–Kier alpha value is -2.87. The Morgan fingerprint density at radius 1 is 1.33 bits per heavy atom. The molecule has 2 aromatic heterocycles. The van der Waals surface area contributed by atoms with Gasteiger partial charge in [0.15, 0.2) is 0 Å². The predicted octanol–water partition coefficient (Wildman–Crippen LogP) is 0.845. The minimum absolute atomic E-state index is 0.188. The van der Waals surface area contributed by atoms with Gasteiger partial charge in [-0.05, 0) is 24.3 Å². The van der Waals surface area contributed by atoms with Crippen molar-refractivity contribution in [1.29, 1.82) is 0 Å². The number of rotatable bonds is 7. The normalized spacial score (nSPS) is 19.1. The van der Waals surface area contributed by atoms with Crippen molar-refractivity contribution >= 4 is 11.8 Å².